The van der Waals surface area contributed by atoms with Gasteiger partial charge in [0.25, 0.3) is 0 Å². The van der Waals surface area contributed by atoms with E-state index >= 15 is 0 Å². The molecule has 0 amide bonds. The summed E-state index contributed by atoms with van der Waals surface area (Å²) >= 11 is 3.41. The van der Waals surface area contributed by atoms with Crippen LogP contribution in [0.25, 0.3) is 0 Å². The molecule has 2 aromatic rings. The van der Waals surface area contributed by atoms with Crippen molar-refractivity contribution < 1.29 is 4.79 Å². The van der Waals surface area contributed by atoms with E-state index in [1.165, 1.54) is 5.56 Å². The first-order valence-corrected chi connectivity index (χ1v) is 6.66. The van der Waals surface area contributed by atoms with Crippen molar-refractivity contribution in [3.8, 4) is 0 Å². The van der Waals surface area contributed by atoms with Crippen LogP contribution in [0.1, 0.15) is 32.6 Å². The van der Waals surface area contributed by atoms with E-state index in [9.17, 15) is 4.79 Å². The minimum absolute atomic E-state index is 0.0862. The van der Waals surface area contributed by atoms with Crippen LogP contribution in [0.3, 0.4) is 0 Å². The van der Waals surface area contributed by atoms with Crippen LogP contribution in [0.2, 0.25) is 0 Å². The molecular formula is C16H15BrO. The van der Waals surface area contributed by atoms with Gasteiger partial charge in [-0.25, -0.2) is 0 Å². The highest BCUT2D eigenvalue weighted by Gasteiger charge is 2.12. The molecule has 2 rings (SSSR count). The summed E-state index contributed by atoms with van der Waals surface area (Å²) < 4.78 is 0.997. The number of hydrogen-bond acceptors (Lipinski definition) is 1. The summed E-state index contributed by atoms with van der Waals surface area (Å²) in [4.78, 5) is 12.4. The molecule has 0 atom stereocenters. The smallest absolute Gasteiger partial charge is 0.193 e. The lowest BCUT2D eigenvalue weighted by Gasteiger charge is -2.07. The molecular weight excluding hydrogens is 288 g/mol. The normalized spacial score (nSPS) is 10.4. The molecule has 2 heteroatoms. The highest BCUT2D eigenvalue weighted by Crippen LogP contribution is 2.20. The number of carbonyl (C=O) groups is 1. The zero-order valence-corrected chi connectivity index (χ0v) is 12.3. The van der Waals surface area contributed by atoms with Gasteiger partial charge in [-0.1, -0.05) is 28.1 Å². The number of carbonyl (C=O) groups excluding carboxylic acids is 1. The first-order valence-electron chi connectivity index (χ1n) is 5.87. The lowest BCUT2D eigenvalue weighted by Crippen LogP contribution is -2.04. The lowest BCUT2D eigenvalue weighted by molar-refractivity contribution is 0.103. The van der Waals surface area contributed by atoms with Crippen molar-refractivity contribution in [1.82, 2.24) is 0 Å². The molecule has 92 valence electrons. The minimum Gasteiger partial charge on any atom is -0.289 e. The SMILES string of the molecule is Cc1ccc(C(=O)c2ccc(Br)cc2C)cc1C. The Hall–Kier alpha value is -1.41. The molecule has 0 fully saturated rings. The minimum atomic E-state index is 0.0862. The first kappa shape index (κ1) is 13.0. The molecule has 0 saturated carbocycles. The molecule has 0 radical (unpaired) electrons. The Labute approximate surface area is 116 Å². The standard InChI is InChI=1S/C16H15BrO/c1-10-4-5-13(8-11(10)2)16(18)15-7-6-14(17)9-12(15)3/h4-9H,1-3H3. The van der Waals surface area contributed by atoms with Gasteiger partial charge in [0.1, 0.15) is 0 Å². The van der Waals surface area contributed by atoms with Crippen LogP contribution in [0.5, 0.6) is 0 Å². The number of aryl methyl sites for hydroxylation is 3. The van der Waals surface area contributed by atoms with Crippen molar-refractivity contribution in [1.29, 1.82) is 0 Å². The van der Waals surface area contributed by atoms with E-state index in [0.717, 1.165) is 26.7 Å². The molecule has 18 heavy (non-hydrogen) atoms. The van der Waals surface area contributed by atoms with Gasteiger partial charge >= 0.3 is 0 Å². The molecule has 1 nitrogen and oxygen atoms in total. The maximum absolute atomic E-state index is 12.4. The summed E-state index contributed by atoms with van der Waals surface area (Å²) in [6, 6.07) is 11.6. The molecule has 0 bridgehead atoms. The number of hydrogen-bond donors (Lipinski definition) is 0. The maximum Gasteiger partial charge on any atom is 0.193 e. The third-order valence-electron chi connectivity index (χ3n) is 3.20. The Morgan fingerprint density at radius 2 is 1.61 bits per heavy atom. The quantitative estimate of drug-likeness (QED) is 0.741. The van der Waals surface area contributed by atoms with Crippen molar-refractivity contribution >= 4 is 21.7 Å². The van der Waals surface area contributed by atoms with Gasteiger partial charge in [-0.15, -0.1) is 0 Å². The molecule has 0 heterocycles. The predicted molar refractivity (Wildman–Crippen MR) is 78.2 cm³/mol. The Kier molecular flexibility index (Phi) is 3.67. The molecule has 0 N–H and O–H groups in total. The fourth-order valence-electron chi connectivity index (χ4n) is 1.92. The fraction of sp³-hybridized carbons (Fsp3) is 0.188. The molecule has 0 saturated heterocycles. The zero-order chi connectivity index (χ0) is 13.3. The number of halogens is 1. The van der Waals surface area contributed by atoms with Crippen LogP contribution in [0.15, 0.2) is 40.9 Å². The van der Waals surface area contributed by atoms with Gasteiger partial charge in [-0.2, -0.15) is 0 Å². The molecule has 0 aliphatic heterocycles. The van der Waals surface area contributed by atoms with Crippen LogP contribution >= 0.6 is 15.9 Å². The highest BCUT2D eigenvalue weighted by atomic mass is 79.9. The number of rotatable bonds is 2. The average Bonchev–Trinajstić information content (AvgIpc) is 2.32. The second kappa shape index (κ2) is 5.07. The monoisotopic (exact) mass is 302 g/mol. The molecule has 0 unspecified atom stereocenters. The van der Waals surface area contributed by atoms with Crippen molar-refractivity contribution in [2.75, 3.05) is 0 Å². The van der Waals surface area contributed by atoms with Crippen molar-refractivity contribution in [3.05, 3.63) is 68.7 Å². The van der Waals surface area contributed by atoms with E-state index in [1.54, 1.807) is 0 Å². The summed E-state index contributed by atoms with van der Waals surface area (Å²) in [5.74, 6) is 0.0862. The molecule has 0 spiro atoms. The van der Waals surface area contributed by atoms with E-state index in [4.69, 9.17) is 0 Å². The van der Waals surface area contributed by atoms with Gasteiger partial charge < -0.3 is 0 Å². The molecule has 0 aromatic heterocycles. The Balaban J connectivity index is 2.44. The van der Waals surface area contributed by atoms with Gasteiger partial charge in [0.2, 0.25) is 0 Å². The Morgan fingerprint density at radius 3 is 2.22 bits per heavy atom. The summed E-state index contributed by atoms with van der Waals surface area (Å²) in [7, 11) is 0. The van der Waals surface area contributed by atoms with E-state index in [1.807, 2.05) is 50.2 Å². The van der Waals surface area contributed by atoms with Crippen LogP contribution < -0.4 is 0 Å². The van der Waals surface area contributed by atoms with Crippen LogP contribution in [0.4, 0.5) is 0 Å². The summed E-state index contributed by atoms with van der Waals surface area (Å²) in [6.45, 7) is 6.04. The summed E-state index contributed by atoms with van der Waals surface area (Å²) in [5, 5.41) is 0. The highest BCUT2D eigenvalue weighted by molar-refractivity contribution is 9.10. The first-order chi connectivity index (χ1) is 8.49. The average molecular weight is 303 g/mol. The third kappa shape index (κ3) is 2.54. The van der Waals surface area contributed by atoms with Gasteiger partial charge in [0.05, 0.1) is 0 Å². The fourth-order valence-corrected chi connectivity index (χ4v) is 2.40. The van der Waals surface area contributed by atoms with Crippen molar-refractivity contribution in [2.24, 2.45) is 0 Å². The van der Waals surface area contributed by atoms with Crippen molar-refractivity contribution in [2.45, 2.75) is 20.8 Å². The van der Waals surface area contributed by atoms with Crippen LogP contribution in [0, 0.1) is 20.8 Å². The van der Waals surface area contributed by atoms with Gasteiger partial charge in [0, 0.05) is 15.6 Å². The lowest BCUT2D eigenvalue weighted by atomic mass is 9.97. The van der Waals surface area contributed by atoms with E-state index in [-0.39, 0.29) is 5.78 Å². The zero-order valence-electron chi connectivity index (χ0n) is 10.8. The van der Waals surface area contributed by atoms with E-state index in [2.05, 4.69) is 22.9 Å². The van der Waals surface area contributed by atoms with Gasteiger partial charge in [0.15, 0.2) is 5.78 Å². The molecule has 0 aliphatic rings. The third-order valence-corrected chi connectivity index (χ3v) is 3.70. The second-order valence-electron chi connectivity index (χ2n) is 4.59. The topological polar surface area (TPSA) is 17.1 Å². The Morgan fingerprint density at radius 1 is 0.889 bits per heavy atom. The van der Waals surface area contributed by atoms with Gasteiger partial charge in [-0.3, -0.25) is 4.79 Å². The summed E-state index contributed by atoms with van der Waals surface area (Å²) in [6.07, 6.45) is 0. The molecule has 0 aliphatic carbocycles. The van der Waals surface area contributed by atoms with Gasteiger partial charge in [-0.05, 0) is 61.7 Å². The Bertz CT molecular complexity index is 614. The van der Waals surface area contributed by atoms with Crippen LogP contribution in [-0.2, 0) is 0 Å². The number of ketones is 1. The van der Waals surface area contributed by atoms with Crippen molar-refractivity contribution in [3.63, 3.8) is 0 Å². The summed E-state index contributed by atoms with van der Waals surface area (Å²) in [5.41, 5.74) is 4.87. The van der Waals surface area contributed by atoms with E-state index in [0.29, 0.717) is 0 Å². The number of benzene rings is 2. The predicted octanol–water partition coefficient (Wildman–Crippen LogP) is 4.61. The second-order valence-corrected chi connectivity index (χ2v) is 5.50. The molecule has 2 aromatic carbocycles. The van der Waals surface area contributed by atoms with Crippen LogP contribution in [-0.4, -0.2) is 5.78 Å². The maximum atomic E-state index is 12.4. The van der Waals surface area contributed by atoms with E-state index < -0.39 is 0 Å². The largest absolute Gasteiger partial charge is 0.289 e.